The van der Waals surface area contributed by atoms with Gasteiger partial charge in [-0.15, -0.1) is 0 Å². The van der Waals surface area contributed by atoms with E-state index in [1.54, 1.807) is 0 Å². The third kappa shape index (κ3) is 24.1. The Bertz CT molecular complexity index is 5800. The molecule has 0 amide bonds. The van der Waals surface area contributed by atoms with Crippen LogP contribution in [0, 0.1) is 105 Å². The number of Topliss-reactive ketones (excluding diaryl/α,β-unsaturated/α-hetero) is 2. The van der Waals surface area contributed by atoms with Gasteiger partial charge < -0.3 is 14.0 Å². The van der Waals surface area contributed by atoms with Crippen LogP contribution in [0.4, 0.5) is 57.1 Å². The summed E-state index contributed by atoms with van der Waals surface area (Å²) in [5.41, 5.74) is 1.00. The highest BCUT2D eigenvalue weighted by Crippen LogP contribution is 2.77. The van der Waals surface area contributed by atoms with Crippen LogP contribution in [0.1, 0.15) is 202 Å². The SMILES string of the molecule is CC(C)(C)c1ccc([S+](c2ccccc2)c2ccccc2)cc1.CC(F)(F)C(F)(F)C(F)(F)S(=O)(=O)N1CCC2CCCCC2C1.CC(F)(F)C(F)COC(=O)C12CC3CC4C5CC(CC41)CC2C5C3.C[C@H](CCC(=O)OCCC(F)(F)C(F)(F)S(=O)(=O)[O-])[C@H]1CC[C@H]2[C@@H]3C(=O)CC4CC(=O)CC[C@]4(C)[C@H]3CC[C@]12C.c1ccc([S+](c2ccccc2)c2ccccc2)cc1.c1ccc([S+](c2ccccc2)c2ccccc2)cc1. The summed E-state index contributed by atoms with van der Waals surface area (Å²) in [5.74, 6) is -15.5. The Kier molecular flexibility index (Phi) is 35.4. The predicted molar refractivity (Wildman–Crippen MR) is 549 cm³/mol. The van der Waals surface area contributed by atoms with Crippen molar-refractivity contribution in [2.45, 2.75) is 286 Å². The molecule has 9 aromatic carbocycles. The molecule has 13 aliphatic rings. The summed E-state index contributed by atoms with van der Waals surface area (Å²) in [5, 5.41) is -11.7. The molecule has 12 aliphatic carbocycles. The highest BCUT2D eigenvalue weighted by molar-refractivity contribution is 7.97. The lowest BCUT2D eigenvalue weighted by Gasteiger charge is -2.73. The number of carbonyl (C=O) groups is 4. The van der Waals surface area contributed by atoms with Crippen LogP contribution in [0.25, 0.3) is 0 Å². The lowest BCUT2D eigenvalue weighted by molar-refractivity contribution is -0.272. The monoisotopic (exact) mass is 2150 g/mol. The summed E-state index contributed by atoms with van der Waals surface area (Å²) in [7, 11) is -12.6. The van der Waals surface area contributed by atoms with E-state index in [1.807, 2.05) is 6.92 Å². The number of rotatable bonds is 26. The fourth-order valence-electron chi connectivity index (χ4n) is 26.8. The van der Waals surface area contributed by atoms with E-state index in [2.05, 4.69) is 306 Å². The molecule has 1 saturated heterocycles. The van der Waals surface area contributed by atoms with E-state index in [9.17, 15) is 97.6 Å². The first kappa shape index (κ1) is 113. The topological polar surface area (TPSA) is 181 Å². The summed E-state index contributed by atoms with van der Waals surface area (Å²) >= 11 is 0. The molecule has 0 aromatic heterocycles. The Morgan fingerprint density at radius 2 is 0.885 bits per heavy atom. The van der Waals surface area contributed by atoms with Gasteiger partial charge in [-0.1, -0.05) is 219 Å². The summed E-state index contributed by atoms with van der Waals surface area (Å²) in [6.07, 6.45) is 12.5. The average Bonchev–Trinajstić information content (AvgIpc) is 0.805. The van der Waals surface area contributed by atoms with Gasteiger partial charge in [0.05, 0.1) is 51.1 Å². The van der Waals surface area contributed by atoms with Crippen LogP contribution in [0.2, 0.25) is 0 Å². The Balaban J connectivity index is 0.000000136. The number of nitrogens with zero attached hydrogens (tertiary/aromatic N) is 1. The van der Waals surface area contributed by atoms with E-state index in [0.29, 0.717) is 68.6 Å². The van der Waals surface area contributed by atoms with Crippen molar-refractivity contribution in [2.24, 2.45) is 105 Å². The number of ether oxygens (including phenoxy) is 2. The van der Waals surface area contributed by atoms with Crippen molar-refractivity contribution in [2.75, 3.05) is 26.3 Å². The van der Waals surface area contributed by atoms with Gasteiger partial charge in [0.25, 0.3) is 15.9 Å². The van der Waals surface area contributed by atoms with E-state index in [4.69, 9.17) is 4.74 Å². The first-order valence-corrected chi connectivity index (χ1v) is 58.4. The van der Waals surface area contributed by atoms with Crippen LogP contribution in [0.5, 0.6) is 0 Å². The lowest BCUT2D eigenvalue weighted by atomic mass is 9.31. The normalized spacial score (nSPS) is 27.5. The molecule has 8 unspecified atom stereocenters. The summed E-state index contributed by atoms with van der Waals surface area (Å²) in [6, 6.07) is 95.0. The quantitative estimate of drug-likeness (QED) is 0.0218. The van der Waals surface area contributed by atoms with Gasteiger partial charge in [-0.3, -0.25) is 19.2 Å². The molecule has 22 rings (SSSR count). The maximum absolute atomic E-state index is 13.8. The van der Waals surface area contributed by atoms with Gasteiger partial charge in [-0.25, -0.2) is 30.0 Å². The van der Waals surface area contributed by atoms with Crippen LogP contribution in [-0.2, 0) is 86.9 Å². The minimum Gasteiger partial charge on any atom is -0.743 e. The zero-order valence-corrected chi connectivity index (χ0v) is 89.0. The predicted octanol–water partition coefficient (Wildman–Crippen LogP) is 29.1. The van der Waals surface area contributed by atoms with E-state index in [0.717, 1.165) is 82.5 Å². The Hall–Kier alpha value is -8.78. The molecule has 148 heavy (non-hydrogen) atoms. The third-order valence-electron chi connectivity index (χ3n) is 34.3. The highest BCUT2D eigenvalue weighted by Gasteiger charge is 2.77. The number of sulfonamides is 1. The second kappa shape index (κ2) is 46.2. The van der Waals surface area contributed by atoms with E-state index >= 15 is 0 Å². The van der Waals surface area contributed by atoms with Gasteiger partial charge in [0.15, 0.2) is 60.3 Å². The van der Waals surface area contributed by atoms with Gasteiger partial charge in [0.1, 0.15) is 18.2 Å². The Morgan fingerprint density at radius 3 is 1.30 bits per heavy atom. The number of piperidine rings is 1. The second-order valence-corrected chi connectivity index (χ2v) is 53.7. The van der Waals surface area contributed by atoms with Crippen LogP contribution in [0.15, 0.2) is 311 Å². The molecule has 798 valence electrons. The minimum atomic E-state index is -6.59. The van der Waals surface area contributed by atoms with Crippen molar-refractivity contribution in [1.82, 2.24) is 4.31 Å². The number of benzene rings is 9. The molecule has 15 atom stereocenters. The van der Waals surface area contributed by atoms with Gasteiger partial charge in [-0.2, -0.15) is 48.2 Å². The van der Waals surface area contributed by atoms with Crippen molar-refractivity contribution in [3.63, 3.8) is 0 Å². The number of hydrogen-bond acceptors (Lipinski definition) is 11. The number of hydrogen-bond donors (Lipinski definition) is 0. The van der Waals surface area contributed by atoms with Gasteiger partial charge in [-0.05, 0) is 304 Å². The zero-order chi connectivity index (χ0) is 107. The first-order valence-electron chi connectivity index (χ1n) is 51.9. The fraction of sp³-hybridized carbons (Fsp3) is 0.508. The van der Waals surface area contributed by atoms with Crippen LogP contribution in [-0.4, -0.2) is 116 Å². The molecule has 12 saturated carbocycles. The molecule has 30 heteroatoms. The van der Waals surface area contributed by atoms with Crippen LogP contribution < -0.4 is 0 Å². The zero-order valence-electron chi connectivity index (χ0n) is 84.9. The van der Waals surface area contributed by atoms with Crippen molar-refractivity contribution in [3.8, 4) is 0 Å². The Morgan fingerprint density at radius 1 is 0.473 bits per heavy atom. The van der Waals surface area contributed by atoms with Crippen molar-refractivity contribution in [3.05, 3.63) is 272 Å². The Labute approximate surface area is 872 Å². The minimum absolute atomic E-state index is 0.0000770. The number of fused-ring (bicyclic) bond motifs is 6. The number of carbonyl (C=O) groups excluding carboxylic acids is 4. The summed E-state index contributed by atoms with van der Waals surface area (Å²) in [4.78, 5) is 63.1. The van der Waals surface area contributed by atoms with E-state index in [-0.39, 0.29) is 144 Å². The van der Waals surface area contributed by atoms with Crippen LogP contribution >= 0.6 is 0 Å². The number of alkyl halides is 13. The smallest absolute Gasteiger partial charge is 0.427 e. The second-order valence-electron chi connectivity index (χ2n) is 44.3. The molecule has 8 bridgehead atoms. The molecule has 13 fully saturated rings. The van der Waals surface area contributed by atoms with Crippen molar-refractivity contribution in [1.29, 1.82) is 0 Å². The molecule has 0 spiro atoms. The maximum Gasteiger partial charge on any atom is 0.427 e. The lowest BCUT2D eigenvalue weighted by Crippen LogP contribution is -2.70. The standard InChI is InChI=1S/C28H40F4O7S.C22H23S.C19H25F3O2.2C18H15S.C13H19F6NO2S/c1-16(4-7-23(35)39-13-12-27(29,30)28(31,32)40(36,37)38)19-5-6-20-24-21(9-11-26(19,20)3)25(2)10-8-18(33)14-17(25)15-22(24)34;1-22(2,3)18-14-16-21(17-15-18)23(19-10-6-4-7-11-19)20-12-8-5-9-13-20;1-18(21,22)16(20)8-24-17(23)19-7-10-3-12-11-2-9(5-14(12)19)6-15(19)13(11)4-10;2*1-4-10-16(11-5-1)19(17-12-6-2-7-13-17)18-14-8-3-9-15-18;1-11(14,15)12(16,17)13(18,19)23(21,22)20-7-6-9-4-2-3-5-10(9)8-20/h16-17,19-21,24H,4-15H2,1-3H3,(H,36,37,38);4-17H,1-3H3;9-16H,2-8H2,1H3;2*1-15H;9-10H,2-8H2,1H3/q;+1;;2*+1;/p-1/t16-,17?,19-,20+,21+,24+,25+,26-;;;;;/m1...../s1. The average molecular weight is 2150 g/mol. The maximum atomic E-state index is 13.8. The highest BCUT2D eigenvalue weighted by atomic mass is 32.2. The largest absolute Gasteiger partial charge is 0.743 e. The molecule has 9 aromatic rings. The van der Waals surface area contributed by atoms with Gasteiger partial charge in [0, 0.05) is 58.5 Å². The molecule has 0 N–H and O–H groups in total. The first-order chi connectivity index (χ1) is 69.9. The molecule has 0 radical (unpaired) electrons. The molecular weight excluding hydrogens is 2010 g/mol. The van der Waals surface area contributed by atoms with Gasteiger partial charge in [0.2, 0.25) is 0 Å². The number of ketones is 2. The summed E-state index contributed by atoms with van der Waals surface area (Å²) < 4.78 is 239. The third-order valence-corrected chi connectivity index (χ3v) is 43.8. The van der Waals surface area contributed by atoms with Gasteiger partial charge >= 0.3 is 40.2 Å². The molecule has 1 heterocycles. The number of esters is 2. The van der Waals surface area contributed by atoms with E-state index in [1.165, 1.54) is 68.9 Å². The fourth-order valence-corrected chi connectivity index (χ4v) is 35.2. The summed E-state index contributed by atoms with van der Waals surface area (Å²) in [6.45, 7) is 10.8. The molecule has 12 nitrogen and oxygen atoms in total. The van der Waals surface area contributed by atoms with Crippen LogP contribution in [0.3, 0.4) is 0 Å². The number of halogens is 13. The van der Waals surface area contributed by atoms with E-state index < -0.39 is 98.5 Å². The van der Waals surface area contributed by atoms with Crippen molar-refractivity contribution < 1.29 is 107 Å². The molecule has 1 aliphatic heterocycles. The van der Waals surface area contributed by atoms with Crippen molar-refractivity contribution >= 4 is 76.3 Å². The molecular formula is C118H136F13NO11S5+2.